The first-order valence-electron chi connectivity index (χ1n) is 8.77. The minimum absolute atomic E-state index is 0.241. The summed E-state index contributed by atoms with van der Waals surface area (Å²) in [6.07, 6.45) is 1.15. The molecule has 134 valence electrons. The van der Waals surface area contributed by atoms with Gasteiger partial charge in [-0.25, -0.2) is 4.39 Å². The van der Waals surface area contributed by atoms with E-state index in [-0.39, 0.29) is 5.82 Å². The largest absolute Gasteiger partial charge is 0.305 e. The molecule has 1 aromatic heterocycles. The Balaban J connectivity index is 1.40. The molecular formula is C20H21FN4S. The zero-order valence-electron chi connectivity index (χ0n) is 14.7. The molecule has 6 heteroatoms. The number of aromatic nitrogens is 3. The number of thioether (sulfide) groups is 1. The van der Waals surface area contributed by atoms with Crippen LogP contribution in [0.2, 0.25) is 0 Å². The van der Waals surface area contributed by atoms with Crippen molar-refractivity contribution in [1.29, 1.82) is 0 Å². The van der Waals surface area contributed by atoms with Gasteiger partial charge in [0.2, 0.25) is 0 Å². The fourth-order valence-electron chi connectivity index (χ4n) is 3.30. The first kappa shape index (κ1) is 17.2. The molecule has 1 unspecified atom stereocenters. The molecule has 0 saturated carbocycles. The van der Waals surface area contributed by atoms with Crippen molar-refractivity contribution < 1.29 is 4.39 Å². The summed E-state index contributed by atoms with van der Waals surface area (Å²) >= 11 is 1.78. The van der Waals surface area contributed by atoms with Gasteiger partial charge in [0.1, 0.15) is 5.82 Å². The van der Waals surface area contributed by atoms with Crippen LogP contribution in [-0.2, 0) is 13.6 Å². The molecule has 0 amide bonds. The van der Waals surface area contributed by atoms with Crippen LogP contribution in [0.1, 0.15) is 12.0 Å². The molecule has 1 aliphatic rings. The predicted molar refractivity (Wildman–Crippen MR) is 102 cm³/mol. The second-order valence-corrected chi connectivity index (χ2v) is 7.89. The van der Waals surface area contributed by atoms with E-state index in [1.54, 1.807) is 23.9 Å². The van der Waals surface area contributed by atoms with Crippen LogP contribution in [0.5, 0.6) is 0 Å². The predicted octanol–water partition coefficient (Wildman–Crippen LogP) is 3.99. The van der Waals surface area contributed by atoms with E-state index in [1.807, 2.05) is 11.6 Å². The summed E-state index contributed by atoms with van der Waals surface area (Å²) in [5, 5.41) is 10.1. The molecule has 0 N–H and O–H groups in total. The molecule has 1 atom stereocenters. The maximum Gasteiger partial charge on any atom is 0.191 e. The van der Waals surface area contributed by atoms with Crippen LogP contribution in [0.25, 0.3) is 11.4 Å². The second kappa shape index (κ2) is 7.60. The number of halogens is 1. The van der Waals surface area contributed by atoms with E-state index in [4.69, 9.17) is 0 Å². The summed E-state index contributed by atoms with van der Waals surface area (Å²) in [6, 6.07) is 17.0. The van der Waals surface area contributed by atoms with E-state index in [0.717, 1.165) is 42.6 Å². The fraction of sp³-hybridized carbons (Fsp3) is 0.300. The lowest BCUT2D eigenvalue weighted by atomic mass is 10.2. The number of rotatable bonds is 5. The van der Waals surface area contributed by atoms with Gasteiger partial charge in [0.05, 0.1) is 0 Å². The molecule has 0 bridgehead atoms. The van der Waals surface area contributed by atoms with Crippen LogP contribution in [0.15, 0.2) is 59.8 Å². The van der Waals surface area contributed by atoms with Crippen LogP contribution in [0.4, 0.5) is 4.39 Å². The summed E-state index contributed by atoms with van der Waals surface area (Å²) in [5.74, 6) is 0.529. The van der Waals surface area contributed by atoms with Gasteiger partial charge in [-0.05, 0) is 42.8 Å². The number of benzene rings is 2. The van der Waals surface area contributed by atoms with Crippen molar-refractivity contribution in [1.82, 2.24) is 19.7 Å². The van der Waals surface area contributed by atoms with Crippen LogP contribution in [0, 0.1) is 5.82 Å². The smallest absolute Gasteiger partial charge is 0.191 e. The van der Waals surface area contributed by atoms with Crippen LogP contribution in [-0.4, -0.2) is 38.0 Å². The first-order chi connectivity index (χ1) is 12.7. The zero-order chi connectivity index (χ0) is 17.9. The van der Waals surface area contributed by atoms with Crippen molar-refractivity contribution >= 4 is 11.8 Å². The van der Waals surface area contributed by atoms with Gasteiger partial charge in [-0.15, -0.1) is 10.2 Å². The normalized spacial score (nSPS) is 17.7. The van der Waals surface area contributed by atoms with Gasteiger partial charge in [0.15, 0.2) is 11.0 Å². The third-order valence-corrected chi connectivity index (χ3v) is 5.97. The van der Waals surface area contributed by atoms with Gasteiger partial charge >= 0.3 is 0 Å². The van der Waals surface area contributed by atoms with Gasteiger partial charge in [0, 0.05) is 31.0 Å². The maximum absolute atomic E-state index is 13.1. The van der Waals surface area contributed by atoms with Gasteiger partial charge < -0.3 is 4.57 Å². The molecule has 4 nitrogen and oxygen atoms in total. The summed E-state index contributed by atoms with van der Waals surface area (Å²) in [6.45, 7) is 3.16. The topological polar surface area (TPSA) is 34.0 Å². The highest BCUT2D eigenvalue weighted by Crippen LogP contribution is 2.31. The Morgan fingerprint density at radius 3 is 2.62 bits per heavy atom. The minimum atomic E-state index is -0.241. The average molecular weight is 368 g/mol. The quantitative estimate of drug-likeness (QED) is 0.682. The number of hydrogen-bond acceptors (Lipinski definition) is 4. The molecular weight excluding hydrogens is 347 g/mol. The highest BCUT2D eigenvalue weighted by Gasteiger charge is 2.25. The van der Waals surface area contributed by atoms with E-state index in [0.29, 0.717) is 5.25 Å². The molecule has 4 rings (SSSR count). The molecule has 1 fully saturated rings. The molecule has 1 saturated heterocycles. The Bertz CT molecular complexity index is 863. The van der Waals surface area contributed by atoms with Crippen molar-refractivity contribution in [3.8, 4) is 11.4 Å². The molecule has 26 heavy (non-hydrogen) atoms. The molecule has 0 spiro atoms. The van der Waals surface area contributed by atoms with Gasteiger partial charge in [-0.2, -0.15) is 0 Å². The summed E-state index contributed by atoms with van der Waals surface area (Å²) < 4.78 is 15.1. The van der Waals surface area contributed by atoms with Crippen molar-refractivity contribution in [2.24, 2.45) is 7.05 Å². The zero-order valence-corrected chi connectivity index (χ0v) is 15.5. The lowest BCUT2D eigenvalue weighted by Crippen LogP contribution is -2.20. The number of nitrogens with zero attached hydrogens (tertiary/aromatic N) is 4. The average Bonchev–Trinajstić information content (AvgIpc) is 3.24. The summed E-state index contributed by atoms with van der Waals surface area (Å²) in [7, 11) is 1.97. The Kier molecular flexibility index (Phi) is 5.04. The number of likely N-dealkylation sites (tertiary alicyclic amines) is 1. The van der Waals surface area contributed by atoms with Crippen molar-refractivity contribution in [3.63, 3.8) is 0 Å². The van der Waals surface area contributed by atoms with Gasteiger partial charge in [0.25, 0.3) is 0 Å². The molecule has 2 heterocycles. The van der Waals surface area contributed by atoms with Crippen LogP contribution >= 0.6 is 11.8 Å². The third kappa shape index (κ3) is 3.81. The van der Waals surface area contributed by atoms with Gasteiger partial charge in [-0.1, -0.05) is 42.1 Å². The van der Waals surface area contributed by atoms with E-state index in [9.17, 15) is 4.39 Å². The van der Waals surface area contributed by atoms with E-state index < -0.39 is 0 Å². The highest BCUT2D eigenvalue weighted by molar-refractivity contribution is 7.99. The Hall–Kier alpha value is -2.18. The SMILES string of the molecule is Cn1c(SC2CCN(Cc3ccccc3)C2)nnc1-c1ccc(F)cc1. The van der Waals surface area contributed by atoms with E-state index >= 15 is 0 Å². The van der Waals surface area contributed by atoms with E-state index in [1.165, 1.54) is 17.7 Å². The maximum atomic E-state index is 13.1. The molecule has 1 aliphatic heterocycles. The number of hydrogen-bond donors (Lipinski definition) is 0. The second-order valence-electron chi connectivity index (χ2n) is 6.62. The fourth-order valence-corrected chi connectivity index (χ4v) is 4.43. The molecule has 3 aromatic rings. The van der Waals surface area contributed by atoms with E-state index in [2.05, 4.69) is 45.4 Å². The lowest BCUT2D eigenvalue weighted by Gasteiger charge is -2.15. The Morgan fingerprint density at radius 1 is 1.08 bits per heavy atom. The summed E-state index contributed by atoms with van der Waals surface area (Å²) in [4.78, 5) is 2.49. The van der Waals surface area contributed by atoms with Crippen molar-refractivity contribution in [2.45, 2.75) is 23.4 Å². The molecule has 0 aliphatic carbocycles. The van der Waals surface area contributed by atoms with Crippen LogP contribution in [0.3, 0.4) is 0 Å². The Labute approximate surface area is 157 Å². The third-order valence-electron chi connectivity index (χ3n) is 4.69. The highest BCUT2D eigenvalue weighted by atomic mass is 32.2. The van der Waals surface area contributed by atoms with Crippen molar-refractivity contribution in [3.05, 3.63) is 66.0 Å². The monoisotopic (exact) mass is 368 g/mol. The van der Waals surface area contributed by atoms with Crippen molar-refractivity contribution in [2.75, 3.05) is 13.1 Å². The molecule has 2 aromatic carbocycles. The summed E-state index contributed by atoms with van der Waals surface area (Å²) in [5.41, 5.74) is 2.24. The minimum Gasteiger partial charge on any atom is -0.305 e. The Morgan fingerprint density at radius 2 is 1.85 bits per heavy atom. The standard InChI is InChI=1S/C20H21FN4S/c1-24-19(16-7-9-17(21)10-8-16)22-23-20(24)26-18-11-12-25(14-18)13-15-5-3-2-4-6-15/h2-10,18H,11-14H2,1H3. The lowest BCUT2D eigenvalue weighted by molar-refractivity contribution is 0.332. The van der Waals surface area contributed by atoms with Crippen LogP contribution < -0.4 is 0 Å². The van der Waals surface area contributed by atoms with Gasteiger partial charge in [-0.3, -0.25) is 4.90 Å². The first-order valence-corrected chi connectivity index (χ1v) is 9.65. The molecule has 0 radical (unpaired) electrons.